The van der Waals surface area contributed by atoms with Gasteiger partial charge in [0.2, 0.25) is 0 Å². The number of hydrogen-bond acceptors (Lipinski definition) is 5. The largest absolute Gasteiger partial charge is 0.487 e. The van der Waals surface area contributed by atoms with Crippen LogP contribution in [0.4, 0.5) is 10.1 Å². The van der Waals surface area contributed by atoms with Crippen LogP contribution in [-0.2, 0) is 22.6 Å². The van der Waals surface area contributed by atoms with Gasteiger partial charge in [0.05, 0.1) is 11.7 Å². The summed E-state index contributed by atoms with van der Waals surface area (Å²) >= 11 is 0. The third kappa shape index (κ3) is 4.67. The fourth-order valence-electron chi connectivity index (χ4n) is 4.84. The molecule has 2 N–H and O–H groups in total. The molecule has 174 valence electrons. The van der Waals surface area contributed by atoms with Crippen molar-refractivity contribution in [3.05, 3.63) is 64.5 Å². The van der Waals surface area contributed by atoms with Crippen molar-refractivity contribution in [1.82, 2.24) is 9.80 Å². The van der Waals surface area contributed by atoms with E-state index in [1.807, 2.05) is 13.0 Å². The second kappa shape index (κ2) is 9.25. The predicted molar refractivity (Wildman–Crippen MR) is 126 cm³/mol. The molecule has 2 aromatic carbocycles. The molecule has 1 saturated heterocycles. The number of rotatable bonds is 6. The normalized spacial score (nSPS) is 21.5. The summed E-state index contributed by atoms with van der Waals surface area (Å²) in [5, 5.41) is 12.3. The minimum Gasteiger partial charge on any atom is -0.487 e. The Labute approximate surface area is 193 Å². The SMILES string of the molecule is CC(O)CCN1CCN(CCc2ccc3c(c2)CO/C3=C2/C(=O)Nc3ccc(F)cc32)CC1. The molecule has 1 unspecified atom stereocenters. The number of piperazine rings is 1. The Balaban J connectivity index is 1.24. The van der Waals surface area contributed by atoms with Crippen LogP contribution in [-0.4, -0.2) is 66.2 Å². The number of halogens is 1. The molecule has 0 aliphatic carbocycles. The van der Waals surface area contributed by atoms with Gasteiger partial charge in [0.15, 0.2) is 0 Å². The van der Waals surface area contributed by atoms with Crippen LogP contribution in [0.5, 0.6) is 0 Å². The standard InChI is InChI=1S/C26H30FN3O3/c1-17(31)6-8-29-10-12-30(13-11-29)9-7-18-2-4-21-19(14-18)16-33-25(21)24-22-15-20(27)3-5-23(22)28-26(24)32/h2-5,14-15,17,31H,6-13,16H2,1H3,(H,28,32)/b25-24+. The number of benzene rings is 2. The van der Waals surface area contributed by atoms with E-state index in [4.69, 9.17) is 4.74 Å². The monoisotopic (exact) mass is 451 g/mol. The van der Waals surface area contributed by atoms with E-state index in [0.29, 0.717) is 29.2 Å². The van der Waals surface area contributed by atoms with Crippen molar-refractivity contribution < 1.29 is 19.0 Å². The molecule has 6 nitrogen and oxygen atoms in total. The molecule has 3 aliphatic heterocycles. The first-order chi connectivity index (χ1) is 16.0. The number of carbonyl (C=O) groups is 1. The van der Waals surface area contributed by atoms with E-state index < -0.39 is 0 Å². The van der Waals surface area contributed by atoms with Crippen LogP contribution in [0.1, 0.15) is 35.6 Å². The van der Waals surface area contributed by atoms with E-state index in [0.717, 1.165) is 63.2 Å². The van der Waals surface area contributed by atoms with E-state index in [1.165, 1.54) is 17.7 Å². The van der Waals surface area contributed by atoms with E-state index in [2.05, 4.69) is 27.2 Å². The number of fused-ring (bicyclic) bond motifs is 2. The number of ether oxygens (including phenoxy) is 1. The highest BCUT2D eigenvalue weighted by molar-refractivity contribution is 6.36. The third-order valence-electron chi connectivity index (χ3n) is 6.78. The third-order valence-corrected chi connectivity index (χ3v) is 6.78. The summed E-state index contributed by atoms with van der Waals surface area (Å²) < 4.78 is 19.7. The quantitative estimate of drug-likeness (QED) is 0.661. The van der Waals surface area contributed by atoms with Crippen LogP contribution < -0.4 is 5.32 Å². The van der Waals surface area contributed by atoms with Gasteiger partial charge in [0, 0.05) is 61.6 Å². The van der Waals surface area contributed by atoms with Crippen molar-refractivity contribution in [1.29, 1.82) is 0 Å². The number of nitrogens with zero attached hydrogens (tertiary/aromatic N) is 2. The number of anilines is 1. The van der Waals surface area contributed by atoms with E-state index >= 15 is 0 Å². The Bertz CT molecular complexity index is 1090. The Kier molecular flexibility index (Phi) is 6.19. The van der Waals surface area contributed by atoms with Gasteiger partial charge in [-0.1, -0.05) is 18.2 Å². The summed E-state index contributed by atoms with van der Waals surface area (Å²) in [6, 6.07) is 10.6. The minimum absolute atomic E-state index is 0.234. The molecule has 1 fully saturated rings. The number of amides is 1. The lowest BCUT2D eigenvalue weighted by molar-refractivity contribution is -0.110. The van der Waals surface area contributed by atoms with E-state index in [9.17, 15) is 14.3 Å². The van der Waals surface area contributed by atoms with Gasteiger partial charge in [-0.3, -0.25) is 4.79 Å². The number of carbonyl (C=O) groups excluding carboxylic acids is 1. The Morgan fingerprint density at radius 2 is 1.82 bits per heavy atom. The maximum atomic E-state index is 13.8. The van der Waals surface area contributed by atoms with Gasteiger partial charge in [-0.25, -0.2) is 4.39 Å². The topological polar surface area (TPSA) is 65.0 Å². The zero-order valence-corrected chi connectivity index (χ0v) is 18.9. The number of aliphatic hydroxyl groups is 1. The zero-order chi connectivity index (χ0) is 22.9. The van der Waals surface area contributed by atoms with Crippen LogP contribution in [0.25, 0.3) is 11.3 Å². The van der Waals surface area contributed by atoms with Gasteiger partial charge in [-0.2, -0.15) is 0 Å². The molecular formula is C26H30FN3O3. The van der Waals surface area contributed by atoms with Gasteiger partial charge in [-0.05, 0) is 43.5 Å². The number of aliphatic hydroxyl groups excluding tert-OH is 1. The molecule has 33 heavy (non-hydrogen) atoms. The van der Waals surface area contributed by atoms with Gasteiger partial charge in [-0.15, -0.1) is 0 Å². The Morgan fingerprint density at radius 3 is 2.58 bits per heavy atom. The highest BCUT2D eigenvalue weighted by atomic mass is 19.1. The molecule has 0 saturated carbocycles. The zero-order valence-electron chi connectivity index (χ0n) is 18.9. The van der Waals surface area contributed by atoms with Crippen molar-refractivity contribution in [2.75, 3.05) is 44.6 Å². The minimum atomic E-state index is -0.374. The van der Waals surface area contributed by atoms with Crippen molar-refractivity contribution in [2.45, 2.75) is 32.5 Å². The van der Waals surface area contributed by atoms with Gasteiger partial charge in [0.25, 0.3) is 5.91 Å². The second-order valence-electron chi connectivity index (χ2n) is 9.20. The maximum Gasteiger partial charge on any atom is 0.260 e. The van der Waals surface area contributed by atoms with Crippen LogP contribution in [0, 0.1) is 5.82 Å². The molecule has 5 rings (SSSR count). The van der Waals surface area contributed by atoms with Crippen LogP contribution in [0.15, 0.2) is 36.4 Å². The molecule has 7 heteroatoms. The van der Waals surface area contributed by atoms with E-state index in [1.54, 1.807) is 6.07 Å². The summed E-state index contributed by atoms with van der Waals surface area (Å²) in [5.41, 5.74) is 4.80. The number of nitrogens with one attached hydrogen (secondary N) is 1. The predicted octanol–water partition coefficient (Wildman–Crippen LogP) is 3.11. The summed E-state index contributed by atoms with van der Waals surface area (Å²) in [4.78, 5) is 17.5. The van der Waals surface area contributed by atoms with Gasteiger partial charge in [0.1, 0.15) is 18.2 Å². The molecule has 1 atom stereocenters. The van der Waals surface area contributed by atoms with Crippen molar-refractivity contribution in [3.8, 4) is 0 Å². The lowest BCUT2D eigenvalue weighted by Crippen LogP contribution is -2.47. The first-order valence-corrected chi connectivity index (χ1v) is 11.7. The van der Waals surface area contributed by atoms with Crippen LogP contribution in [0.3, 0.4) is 0 Å². The average molecular weight is 452 g/mol. The summed E-state index contributed by atoms with van der Waals surface area (Å²) in [7, 11) is 0. The van der Waals surface area contributed by atoms with E-state index in [-0.39, 0.29) is 17.8 Å². The molecule has 2 aromatic rings. The highest BCUT2D eigenvalue weighted by Crippen LogP contribution is 2.41. The van der Waals surface area contributed by atoms with Gasteiger partial charge < -0.3 is 25.0 Å². The molecule has 0 bridgehead atoms. The second-order valence-corrected chi connectivity index (χ2v) is 9.20. The van der Waals surface area contributed by atoms with Crippen LogP contribution >= 0.6 is 0 Å². The molecular weight excluding hydrogens is 421 g/mol. The fourth-order valence-corrected chi connectivity index (χ4v) is 4.84. The van der Waals surface area contributed by atoms with Crippen molar-refractivity contribution in [3.63, 3.8) is 0 Å². The van der Waals surface area contributed by atoms with Gasteiger partial charge >= 0.3 is 0 Å². The lowest BCUT2D eigenvalue weighted by Gasteiger charge is -2.35. The summed E-state index contributed by atoms with van der Waals surface area (Å²) in [6.07, 6.45) is 1.56. The van der Waals surface area contributed by atoms with Crippen molar-refractivity contribution in [2.24, 2.45) is 0 Å². The first kappa shape index (κ1) is 22.1. The lowest BCUT2D eigenvalue weighted by atomic mass is 9.98. The highest BCUT2D eigenvalue weighted by Gasteiger charge is 2.32. The molecule has 0 radical (unpaired) electrons. The summed E-state index contributed by atoms with van der Waals surface area (Å²) in [6.45, 7) is 8.43. The smallest absolute Gasteiger partial charge is 0.260 e. The first-order valence-electron chi connectivity index (χ1n) is 11.7. The Hall–Kier alpha value is -2.74. The fraction of sp³-hybridized carbons (Fsp3) is 0.423. The molecule has 1 amide bonds. The average Bonchev–Trinajstić information content (AvgIpc) is 3.35. The van der Waals surface area contributed by atoms with Crippen molar-refractivity contribution >= 4 is 22.9 Å². The van der Waals surface area contributed by atoms with Crippen LogP contribution in [0.2, 0.25) is 0 Å². The summed E-state index contributed by atoms with van der Waals surface area (Å²) in [5.74, 6) is -0.0949. The molecule has 3 aliphatic rings. The molecule has 0 spiro atoms. The molecule has 3 heterocycles. The Morgan fingerprint density at radius 1 is 1.06 bits per heavy atom. The molecule has 0 aromatic heterocycles. The number of hydrogen-bond donors (Lipinski definition) is 2. The maximum absolute atomic E-state index is 13.8.